The lowest BCUT2D eigenvalue weighted by atomic mass is 9.53. The average molecular weight is 473 g/mol. The summed E-state index contributed by atoms with van der Waals surface area (Å²) in [5.41, 5.74) is 4.27. The van der Waals surface area contributed by atoms with E-state index in [4.69, 9.17) is 9.47 Å². The van der Waals surface area contributed by atoms with Gasteiger partial charge in [0.2, 0.25) is 0 Å². The number of nitrogens with zero attached hydrogens (tertiary/aromatic N) is 2. The topological polar surface area (TPSA) is 59.1 Å². The minimum atomic E-state index is -0.564. The van der Waals surface area contributed by atoms with Crippen molar-refractivity contribution in [3.63, 3.8) is 0 Å². The second-order valence-electron chi connectivity index (χ2n) is 10.4. The molecule has 0 aromatic heterocycles. The molecule has 3 atom stereocenters. The van der Waals surface area contributed by atoms with Crippen LogP contribution in [-0.2, 0) is 26.3 Å². The molecular weight excluding hydrogens is 440 g/mol. The van der Waals surface area contributed by atoms with Crippen molar-refractivity contribution in [3.05, 3.63) is 70.9 Å². The van der Waals surface area contributed by atoms with Gasteiger partial charge in [-0.3, -0.25) is 9.69 Å². The van der Waals surface area contributed by atoms with Gasteiger partial charge in [0.25, 0.3) is 0 Å². The Morgan fingerprint density at radius 2 is 1.80 bits per heavy atom. The van der Waals surface area contributed by atoms with Crippen molar-refractivity contribution < 1.29 is 19.1 Å². The molecule has 2 fully saturated rings. The van der Waals surface area contributed by atoms with Crippen molar-refractivity contribution in [2.45, 2.75) is 50.6 Å². The molecule has 6 heteroatoms. The molecule has 182 valence electrons. The zero-order valence-corrected chi connectivity index (χ0v) is 20.7. The zero-order chi connectivity index (χ0) is 24.4. The van der Waals surface area contributed by atoms with Gasteiger partial charge < -0.3 is 14.4 Å². The van der Waals surface area contributed by atoms with E-state index in [1.807, 2.05) is 12.1 Å². The van der Waals surface area contributed by atoms with E-state index in [-0.39, 0.29) is 17.8 Å². The number of hydrogen-bond donors (Lipinski definition) is 0. The second-order valence-corrected chi connectivity index (χ2v) is 10.4. The molecule has 2 aromatic rings. The van der Waals surface area contributed by atoms with Gasteiger partial charge in [-0.05, 0) is 75.0 Å². The molecule has 0 amide bonds. The molecule has 3 heterocycles. The van der Waals surface area contributed by atoms with Crippen LogP contribution in [0.3, 0.4) is 0 Å². The Bertz CT molecular complexity index is 1240. The lowest BCUT2D eigenvalue weighted by Crippen LogP contribution is -2.63. The van der Waals surface area contributed by atoms with E-state index < -0.39 is 10.8 Å². The maximum Gasteiger partial charge on any atom is 0.335 e. The first-order chi connectivity index (χ1) is 17.0. The van der Waals surface area contributed by atoms with E-state index in [2.05, 4.69) is 46.2 Å². The van der Waals surface area contributed by atoms with E-state index in [1.54, 1.807) is 14.0 Å². The SMILES string of the molecule is COC(=O)C1=C2N(Cc3ccc(OC)cc3)c3ccccc3[C@@]23CCN2CCC[C@@](C(C)=O)(C1)[C@H]23. The normalized spacial score (nSPS) is 28.9. The number of para-hydroxylation sites is 1. The summed E-state index contributed by atoms with van der Waals surface area (Å²) in [5, 5.41) is 0. The van der Waals surface area contributed by atoms with Crippen LogP contribution in [0.5, 0.6) is 5.75 Å². The average Bonchev–Trinajstić information content (AvgIpc) is 3.41. The van der Waals surface area contributed by atoms with E-state index in [1.165, 1.54) is 12.7 Å². The third kappa shape index (κ3) is 2.92. The van der Waals surface area contributed by atoms with E-state index >= 15 is 0 Å². The molecule has 4 aliphatic rings. The van der Waals surface area contributed by atoms with Crippen LogP contribution in [0.2, 0.25) is 0 Å². The van der Waals surface area contributed by atoms with Gasteiger partial charge in [0.1, 0.15) is 11.5 Å². The molecule has 1 spiro atoms. The Kier molecular flexibility index (Phi) is 5.08. The van der Waals surface area contributed by atoms with Crippen molar-refractivity contribution >= 4 is 17.4 Å². The summed E-state index contributed by atoms with van der Waals surface area (Å²) in [6.07, 6.45) is 3.14. The molecular formula is C29H32N2O4. The molecule has 0 saturated carbocycles. The first-order valence-corrected chi connectivity index (χ1v) is 12.5. The summed E-state index contributed by atoms with van der Waals surface area (Å²) >= 11 is 0. The maximum absolute atomic E-state index is 13.4. The lowest BCUT2D eigenvalue weighted by molar-refractivity contribution is -0.140. The van der Waals surface area contributed by atoms with Crippen LogP contribution in [0.15, 0.2) is 59.8 Å². The van der Waals surface area contributed by atoms with E-state index in [0.717, 1.165) is 55.0 Å². The van der Waals surface area contributed by atoms with Gasteiger partial charge in [0.15, 0.2) is 0 Å². The molecule has 2 aromatic carbocycles. The minimum absolute atomic E-state index is 0.0617. The Morgan fingerprint density at radius 1 is 1.03 bits per heavy atom. The smallest absolute Gasteiger partial charge is 0.335 e. The largest absolute Gasteiger partial charge is 0.497 e. The fourth-order valence-electron chi connectivity index (χ4n) is 7.68. The van der Waals surface area contributed by atoms with Gasteiger partial charge >= 0.3 is 5.97 Å². The molecule has 1 aliphatic carbocycles. The number of ether oxygens (including phenoxy) is 2. The van der Waals surface area contributed by atoms with Crippen molar-refractivity contribution in [1.82, 2.24) is 4.90 Å². The van der Waals surface area contributed by atoms with Crippen molar-refractivity contribution in [1.29, 1.82) is 0 Å². The second kappa shape index (κ2) is 7.95. The summed E-state index contributed by atoms with van der Waals surface area (Å²) < 4.78 is 10.7. The third-order valence-corrected chi connectivity index (χ3v) is 9.00. The van der Waals surface area contributed by atoms with Crippen LogP contribution in [0, 0.1) is 5.41 Å². The minimum Gasteiger partial charge on any atom is -0.497 e. The molecule has 3 aliphatic heterocycles. The van der Waals surface area contributed by atoms with Gasteiger partial charge in [-0.2, -0.15) is 0 Å². The standard InChI is InChI=1S/C29H32N2O4/c1-19(32)28-13-6-15-30-16-14-29(27(28)30)23-7-4-5-8-24(23)31(25(29)22(17-28)26(33)35-3)18-20-9-11-21(34-2)12-10-20/h4-5,7-12,27H,6,13-18H2,1-3H3/t27-,28-,29-/m0/s1. The van der Waals surface area contributed by atoms with Gasteiger partial charge in [-0.1, -0.05) is 30.3 Å². The number of Topliss-reactive ketones (excluding diaryl/α,β-unsaturated/α-hetero) is 1. The predicted octanol–water partition coefficient (Wildman–Crippen LogP) is 4.23. The number of benzene rings is 2. The summed E-state index contributed by atoms with van der Waals surface area (Å²) in [6, 6.07) is 16.7. The van der Waals surface area contributed by atoms with Crippen molar-refractivity contribution in [3.8, 4) is 5.75 Å². The fourth-order valence-corrected chi connectivity index (χ4v) is 7.68. The highest BCUT2D eigenvalue weighted by Gasteiger charge is 2.69. The highest BCUT2D eigenvalue weighted by atomic mass is 16.5. The van der Waals surface area contributed by atoms with Crippen molar-refractivity contribution in [2.75, 3.05) is 32.2 Å². The molecule has 0 bridgehead atoms. The molecule has 0 radical (unpaired) electrons. The van der Waals surface area contributed by atoms with Crippen LogP contribution in [0.25, 0.3) is 0 Å². The van der Waals surface area contributed by atoms with Gasteiger partial charge in [0.05, 0.1) is 25.2 Å². The third-order valence-electron chi connectivity index (χ3n) is 9.00. The molecule has 2 saturated heterocycles. The lowest BCUT2D eigenvalue weighted by Gasteiger charge is -2.55. The Balaban J connectivity index is 1.60. The molecule has 0 unspecified atom stereocenters. The maximum atomic E-state index is 13.4. The summed E-state index contributed by atoms with van der Waals surface area (Å²) in [7, 11) is 3.12. The number of fused-ring (bicyclic) bond motifs is 1. The summed E-state index contributed by atoms with van der Waals surface area (Å²) in [6.45, 7) is 4.30. The predicted molar refractivity (Wildman–Crippen MR) is 133 cm³/mol. The van der Waals surface area contributed by atoms with Gasteiger partial charge in [0, 0.05) is 29.4 Å². The quantitative estimate of drug-likeness (QED) is 0.607. The summed E-state index contributed by atoms with van der Waals surface area (Å²) in [5.74, 6) is 0.703. The monoisotopic (exact) mass is 472 g/mol. The van der Waals surface area contributed by atoms with Crippen LogP contribution in [-0.4, -0.2) is 50.0 Å². The van der Waals surface area contributed by atoms with E-state index in [9.17, 15) is 9.59 Å². The van der Waals surface area contributed by atoms with Crippen LogP contribution in [0.1, 0.15) is 43.7 Å². The van der Waals surface area contributed by atoms with E-state index in [0.29, 0.717) is 18.5 Å². The molecule has 0 N–H and O–H groups in total. The number of hydrogen-bond acceptors (Lipinski definition) is 6. The Morgan fingerprint density at radius 3 is 2.51 bits per heavy atom. The van der Waals surface area contributed by atoms with Crippen LogP contribution >= 0.6 is 0 Å². The zero-order valence-electron chi connectivity index (χ0n) is 20.7. The Hall–Kier alpha value is -3.12. The number of carbonyl (C=O) groups is 2. The number of ketones is 1. The first kappa shape index (κ1) is 22.4. The number of methoxy groups -OCH3 is 2. The molecule has 6 nitrogen and oxygen atoms in total. The highest BCUT2D eigenvalue weighted by molar-refractivity contribution is 5.97. The molecule has 6 rings (SSSR count). The fraction of sp³-hybridized carbons (Fsp3) is 0.448. The number of anilines is 1. The number of esters is 1. The number of rotatable bonds is 5. The Labute approximate surface area is 206 Å². The summed E-state index contributed by atoms with van der Waals surface area (Å²) in [4.78, 5) is 31.7. The van der Waals surface area contributed by atoms with Crippen LogP contribution < -0.4 is 9.64 Å². The first-order valence-electron chi connectivity index (χ1n) is 12.5. The van der Waals surface area contributed by atoms with Crippen LogP contribution in [0.4, 0.5) is 5.69 Å². The molecule has 35 heavy (non-hydrogen) atoms. The van der Waals surface area contributed by atoms with Gasteiger partial charge in [-0.25, -0.2) is 4.79 Å². The number of carbonyl (C=O) groups excluding carboxylic acids is 2. The number of piperidine rings is 1. The van der Waals surface area contributed by atoms with Gasteiger partial charge in [-0.15, -0.1) is 0 Å². The highest BCUT2D eigenvalue weighted by Crippen LogP contribution is 2.66. The van der Waals surface area contributed by atoms with Crippen molar-refractivity contribution in [2.24, 2.45) is 5.41 Å².